The fourth-order valence-corrected chi connectivity index (χ4v) is 1.66. The van der Waals surface area contributed by atoms with E-state index in [0.717, 1.165) is 12.1 Å². The van der Waals surface area contributed by atoms with E-state index in [1.54, 1.807) is 0 Å². The van der Waals surface area contributed by atoms with Crippen LogP contribution in [0.2, 0.25) is 0 Å². The number of nitrogen functional groups attached to an aromatic ring is 1. The van der Waals surface area contributed by atoms with Gasteiger partial charge in [-0.05, 0) is 36.4 Å². The van der Waals surface area contributed by atoms with Gasteiger partial charge in [0.2, 0.25) is 0 Å². The van der Waals surface area contributed by atoms with E-state index in [1.807, 2.05) is 6.07 Å². The number of nitrogens with zero attached hydrogens (tertiary/aromatic N) is 1. The van der Waals surface area contributed by atoms with Crippen LogP contribution in [-0.2, 0) is 6.18 Å². The molecule has 0 atom stereocenters. The first-order valence-electron chi connectivity index (χ1n) is 5.64. The van der Waals surface area contributed by atoms with Gasteiger partial charge in [0.1, 0.15) is 0 Å². The molecule has 0 unspecified atom stereocenters. The molecule has 0 fully saturated rings. The molecule has 0 aliphatic rings. The largest absolute Gasteiger partial charge is 0.416 e. The Hall–Kier alpha value is -2.68. The van der Waals surface area contributed by atoms with Crippen molar-refractivity contribution < 1.29 is 13.2 Å². The summed E-state index contributed by atoms with van der Waals surface area (Å²) in [7, 11) is 0. The number of alkyl halides is 3. The lowest BCUT2D eigenvalue weighted by atomic mass is 10.1. The van der Waals surface area contributed by atoms with Crippen LogP contribution >= 0.6 is 0 Å². The molecular formula is C14H10F3N3. The van der Waals surface area contributed by atoms with Gasteiger partial charge in [-0.15, -0.1) is 0 Å². The zero-order valence-electron chi connectivity index (χ0n) is 10.2. The minimum atomic E-state index is -4.41. The van der Waals surface area contributed by atoms with Crippen molar-refractivity contribution in [2.24, 2.45) is 0 Å². The molecule has 3 N–H and O–H groups in total. The molecule has 0 spiro atoms. The Kier molecular flexibility index (Phi) is 3.53. The average Bonchev–Trinajstić information content (AvgIpc) is 2.41. The summed E-state index contributed by atoms with van der Waals surface area (Å²) in [5.74, 6) is 0. The number of nitrogens with one attached hydrogen (secondary N) is 1. The fraction of sp³-hybridized carbons (Fsp3) is 0.0714. The van der Waals surface area contributed by atoms with Crippen molar-refractivity contribution in [2.75, 3.05) is 11.1 Å². The van der Waals surface area contributed by atoms with E-state index in [0.29, 0.717) is 16.9 Å². The Morgan fingerprint density at radius 1 is 1.10 bits per heavy atom. The molecule has 0 bridgehead atoms. The van der Waals surface area contributed by atoms with E-state index in [1.165, 1.54) is 30.3 Å². The summed E-state index contributed by atoms with van der Waals surface area (Å²) in [4.78, 5) is 0. The molecule has 0 aliphatic heterocycles. The summed E-state index contributed by atoms with van der Waals surface area (Å²) >= 11 is 0. The monoisotopic (exact) mass is 277 g/mol. The van der Waals surface area contributed by atoms with Crippen molar-refractivity contribution in [3.63, 3.8) is 0 Å². The second-order valence-electron chi connectivity index (χ2n) is 4.12. The van der Waals surface area contributed by atoms with Crippen molar-refractivity contribution >= 4 is 17.1 Å². The molecule has 2 rings (SSSR count). The Bertz CT molecular complexity index is 672. The van der Waals surface area contributed by atoms with E-state index in [4.69, 9.17) is 11.0 Å². The van der Waals surface area contributed by atoms with E-state index >= 15 is 0 Å². The highest BCUT2D eigenvalue weighted by Gasteiger charge is 2.30. The number of hydrogen-bond acceptors (Lipinski definition) is 3. The van der Waals surface area contributed by atoms with Gasteiger partial charge in [-0.2, -0.15) is 18.4 Å². The molecule has 2 aromatic carbocycles. The molecule has 102 valence electrons. The highest BCUT2D eigenvalue weighted by molar-refractivity contribution is 5.74. The van der Waals surface area contributed by atoms with Crippen molar-refractivity contribution in [1.29, 1.82) is 5.26 Å². The number of anilines is 3. The van der Waals surface area contributed by atoms with E-state index < -0.39 is 11.7 Å². The molecule has 3 nitrogen and oxygen atoms in total. The molecule has 0 heterocycles. The molecular weight excluding hydrogens is 267 g/mol. The van der Waals surface area contributed by atoms with E-state index in [9.17, 15) is 13.2 Å². The number of rotatable bonds is 2. The van der Waals surface area contributed by atoms with Gasteiger partial charge < -0.3 is 11.1 Å². The number of nitriles is 1. The van der Waals surface area contributed by atoms with Crippen LogP contribution in [-0.4, -0.2) is 0 Å². The molecule has 20 heavy (non-hydrogen) atoms. The summed E-state index contributed by atoms with van der Waals surface area (Å²) in [5, 5.41) is 11.6. The summed E-state index contributed by atoms with van der Waals surface area (Å²) in [6.07, 6.45) is -4.41. The standard InChI is InChI=1S/C14H10F3N3/c15-14(16,17)10-2-1-3-11(7-10)20-13-6-9(8-18)4-5-12(13)19/h1-7,20H,19H2. The van der Waals surface area contributed by atoms with Gasteiger partial charge in [-0.1, -0.05) is 6.07 Å². The van der Waals surface area contributed by atoms with Gasteiger partial charge in [-0.3, -0.25) is 0 Å². The van der Waals surface area contributed by atoms with Crippen molar-refractivity contribution in [2.45, 2.75) is 6.18 Å². The van der Waals surface area contributed by atoms with Gasteiger partial charge in [0.05, 0.1) is 28.6 Å². The van der Waals surface area contributed by atoms with Crippen molar-refractivity contribution in [1.82, 2.24) is 0 Å². The lowest BCUT2D eigenvalue weighted by Gasteiger charge is -2.12. The number of hydrogen-bond donors (Lipinski definition) is 2. The summed E-state index contributed by atoms with van der Waals surface area (Å²) in [6.45, 7) is 0. The third-order valence-corrected chi connectivity index (χ3v) is 2.65. The predicted molar refractivity (Wildman–Crippen MR) is 70.3 cm³/mol. The summed E-state index contributed by atoms with van der Waals surface area (Å²) in [5.41, 5.74) is 6.33. The Morgan fingerprint density at radius 3 is 2.50 bits per heavy atom. The molecule has 2 aromatic rings. The van der Waals surface area contributed by atoms with Gasteiger partial charge in [0.25, 0.3) is 0 Å². The zero-order chi connectivity index (χ0) is 14.8. The highest BCUT2D eigenvalue weighted by Crippen LogP contribution is 2.32. The van der Waals surface area contributed by atoms with Crippen LogP contribution in [0.5, 0.6) is 0 Å². The van der Waals surface area contributed by atoms with Gasteiger partial charge in [0, 0.05) is 5.69 Å². The maximum Gasteiger partial charge on any atom is 0.416 e. The first-order valence-corrected chi connectivity index (χ1v) is 5.64. The van der Waals surface area contributed by atoms with E-state index in [-0.39, 0.29) is 5.69 Å². The van der Waals surface area contributed by atoms with Crippen LogP contribution in [0.3, 0.4) is 0 Å². The average molecular weight is 277 g/mol. The smallest absolute Gasteiger partial charge is 0.397 e. The van der Waals surface area contributed by atoms with Gasteiger partial charge >= 0.3 is 6.18 Å². The molecule has 6 heteroatoms. The lowest BCUT2D eigenvalue weighted by molar-refractivity contribution is -0.137. The normalized spacial score (nSPS) is 10.9. The maximum atomic E-state index is 12.6. The Labute approximate surface area is 113 Å². The number of benzene rings is 2. The zero-order valence-corrected chi connectivity index (χ0v) is 10.2. The molecule has 0 aromatic heterocycles. The van der Waals surface area contributed by atoms with Crippen molar-refractivity contribution in [3.8, 4) is 6.07 Å². The molecule has 0 saturated heterocycles. The third kappa shape index (κ3) is 3.01. The third-order valence-electron chi connectivity index (χ3n) is 2.65. The van der Waals surface area contributed by atoms with Crippen LogP contribution in [0.1, 0.15) is 11.1 Å². The van der Waals surface area contributed by atoms with Crippen LogP contribution in [0, 0.1) is 11.3 Å². The SMILES string of the molecule is N#Cc1ccc(N)c(Nc2cccc(C(F)(F)F)c2)c1. The van der Waals surface area contributed by atoms with Crippen LogP contribution in [0.4, 0.5) is 30.2 Å². The summed E-state index contributed by atoms with van der Waals surface area (Å²) in [6, 6.07) is 11.2. The predicted octanol–water partition coefficient (Wildman–Crippen LogP) is 3.90. The number of nitrogens with two attached hydrogens (primary N) is 1. The molecule has 0 radical (unpaired) electrons. The Balaban J connectivity index is 2.33. The fourth-order valence-electron chi connectivity index (χ4n) is 1.66. The molecule has 0 aliphatic carbocycles. The number of halogens is 3. The molecule has 0 saturated carbocycles. The second kappa shape index (κ2) is 5.13. The van der Waals surface area contributed by atoms with Crippen LogP contribution in [0.25, 0.3) is 0 Å². The molecule has 0 amide bonds. The minimum Gasteiger partial charge on any atom is -0.397 e. The first kappa shape index (κ1) is 13.7. The Morgan fingerprint density at radius 2 is 1.85 bits per heavy atom. The first-order chi connectivity index (χ1) is 9.40. The van der Waals surface area contributed by atoms with Gasteiger partial charge in [0.15, 0.2) is 0 Å². The minimum absolute atomic E-state index is 0.251. The highest BCUT2D eigenvalue weighted by atomic mass is 19.4. The van der Waals surface area contributed by atoms with Crippen LogP contribution < -0.4 is 11.1 Å². The van der Waals surface area contributed by atoms with Gasteiger partial charge in [-0.25, -0.2) is 0 Å². The lowest BCUT2D eigenvalue weighted by Crippen LogP contribution is -2.05. The topological polar surface area (TPSA) is 61.8 Å². The van der Waals surface area contributed by atoms with Crippen LogP contribution in [0.15, 0.2) is 42.5 Å². The second-order valence-corrected chi connectivity index (χ2v) is 4.12. The quantitative estimate of drug-likeness (QED) is 0.818. The van der Waals surface area contributed by atoms with Crippen molar-refractivity contribution in [3.05, 3.63) is 53.6 Å². The van der Waals surface area contributed by atoms with E-state index in [2.05, 4.69) is 5.32 Å². The maximum absolute atomic E-state index is 12.6. The summed E-state index contributed by atoms with van der Waals surface area (Å²) < 4.78 is 37.8.